The van der Waals surface area contributed by atoms with E-state index in [1.165, 1.54) is 28.1 Å². The van der Waals surface area contributed by atoms with E-state index in [0.29, 0.717) is 39.3 Å². The first-order valence-corrected chi connectivity index (χ1v) is 12.6. The molecule has 1 aliphatic rings. The Kier molecular flexibility index (Phi) is 7.59. The average Bonchev–Trinajstić information content (AvgIpc) is 3.32. The third-order valence-electron chi connectivity index (χ3n) is 4.99. The summed E-state index contributed by atoms with van der Waals surface area (Å²) in [6.07, 6.45) is 0.723. The lowest BCUT2D eigenvalue weighted by Gasteiger charge is -2.14. The number of hydrogen-bond donors (Lipinski definition) is 1. The van der Waals surface area contributed by atoms with Gasteiger partial charge in [0.2, 0.25) is 5.91 Å². The number of amides is 1. The van der Waals surface area contributed by atoms with Crippen molar-refractivity contribution in [2.45, 2.75) is 23.4 Å². The van der Waals surface area contributed by atoms with Crippen molar-refractivity contribution in [1.29, 1.82) is 0 Å². The number of aryl methyl sites for hydroxylation is 1. The van der Waals surface area contributed by atoms with Crippen molar-refractivity contribution in [3.05, 3.63) is 70.1 Å². The first kappa shape index (κ1) is 23.9. The highest BCUT2D eigenvalue weighted by Gasteiger charge is 2.23. The second-order valence-electron chi connectivity index (χ2n) is 7.25. The average molecular weight is 498 g/mol. The molecule has 10 heteroatoms. The van der Waals surface area contributed by atoms with E-state index in [2.05, 4.69) is 5.32 Å². The van der Waals surface area contributed by atoms with Crippen LogP contribution in [0.2, 0.25) is 0 Å². The predicted molar refractivity (Wildman–Crippen MR) is 133 cm³/mol. The van der Waals surface area contributed by atoms with Crippen molar-refractivity contribution in [1.82, 2.24) is 9.55 Å². The second-order valence-corrected chi connectivity index (χ2v) is 9.29. The molecule has 2 aromatic carbocycles. The zero-order valence-corrected chi connectivity index (χ0v) is 20.3. The molecule has 1 aliphatic heterocycles. The summed E-state index contributed by atoms with van der Waals surface area (Å²) in [7, 11) is 1.57. The van der Waals surface area contributed by atoms with E-state index in [4.69, 9.17) is 14.5 Å². The van der Waals surface area contributed by atoms with E-state index in [9.17, 15) is 14.4 Å². The molecule has 0 spiro atoms. The highest BCUT2D eigenvalue weighted by atomic mass is 32.2. The Morgan fingerprint density at radius 1 is 1.21 bits per heavy atom. The number of anilines is 1. The molecule has 8 nitrogen and oxygen atoms in total. The Bertz CT molecular complexity index is 1270. The lowest BCUT2D eigenvalue weighted by molar-refractivity contribution is -0.113. The molecule has 1 N–H and O–H groups in total. The second kappa shape index (κ2) is 10.8. The number of thioether (sulfide) groups is 2. The van der Waals surface area contributed by atoms with Crippen molar-refractivity contribution >= 4 is 41.1 Å². The van der Waals surface area contributed by atoms with E-state index in [1.54, 1.807) is 50.4 Å². The molecule has 1 amide bonds. The van der Waals surface area contributed by atoms with Crippen molar-refractivity contribution in [3.8, 4) is 11.4 Å². The standard InChI is InChI=1S/C24H23N3O5S2/c1-3-32-23(30)15-7-9-16(10-8-15)25-20(28)14-34-24-26-19-11-12-33-21(19)22(29)27(24)17-5-4-6-18(13-17)31-2/h4-10,13H,3,11-12,14H2,1-2H3,(H,25,28). The van der Waals surface area contributed by atoms with Crippen LogP contribution in [0.4, 0.5) is 5.69 Å². The fraction of sp³-hybridized carbons (Fsp3) is 0.250. The summed E-state index contributed by atoms with van der Waals surface area (Å²) in [5, 5.41) is 3.25. The maximum absolute atomic E-state index is 13.3. The normalized spacial score (nSPS) is 12.2. The fourth-order valence-corrected chi connectivity index (χ4v) is 5.25. The number of benzene rings is 2. The van der Waals surface area contributed by atoms with Crippen LogP contribution in [0.5, 0.6) is 5.75 Å². The Labute approximate surface area is 205 Å². The molecule has 3 aromatic rings. The summed E-state index contributed by atoms with van der Waals surface area (Å²) in [6, 6.07) is 13.7. The number of aromatic nitrogens is 2. The number of carbonyl (C=O) groups excluding carboxylic acids is 2. The van der Waals surface area contributed by atoms with Crippen LogP contribution in [0.3, 0.4) is 0 Å². The molecule has 34 heavy (non-hydrogen) atoms. The van der Waals surface area contributed by atoms with Gasteiger partial charge in [-0.1, -0.05) is 17.8 Å². The largest absolute Gasteiger partial charge is 0.497 e. The molecule has 2 heterocycles. The van der Waals surface area contributed by atoms with Crippen molar-refractivity contribution in [3.63, 3.8) is 0 Å². The third-order valence-corrected chi connectivity index (χ3v) is 7.04. The number of methoxy groups -OCH3 is 1. The maximum Gasteiger partial charge on any atom is 0.338 e. The van der Waals surface area contributed by atoms with Gasteiger partial charge in [0, 0.05) is 23.9 Å². The first-order valence-electron chi connectivity index (χ1n) is 10.6. The monoisotopic (exact) mass is 497 g/mol. The molecule has 0 unspecified atom stereocenters. The smallest absolute Gasteiger partial charge is 0.338 e. The Balaban J connectivity index is 1.52. The first-order chi connectivity index (χ1) is 16.5. The van der Waals surface area contributed by atoms with Crippen LogP contribution in [-0.2, 0) is 16.0 Å². The molecule has 0 saturated carbocycles. The Morgan fingerprint density at radius 2 is 2.00 bits per heavy atom. The Hall–Kier alpha value is -3.24. The van der Waals surface area contributed by atoms with Gasteiger partial charge in [0.05, 0.1) is 41.3 Å². The molecular weight excluding hydrogens is 474 g/mol. The lowest BCUT2D eigenvalue weighted by atomic mass is 10.2. The number of esters is 1. The molecule has 0 atom stereocenters. The van der Waals surface area contributed by atoms with E-state index >= 15 is 0 Å². The van der Waals surface area contributed by atoms with Gasteiger partial charge in [0.1, 0.15) is 5.75 Å². The summed E-state index contributed by atoms with van der Waals surface area (Å²) in [5.74, 6) is 0.827. The van der Waals surface area contributed by atoms with Crippen molar-refractivity contribution in [2.24, 2.45) is 0 Å². The minimum atomic E-state index is -0.410. The number of hydrogen-bond acceptors (Lipinski definition) is 8. The van der Waals surface area contributed by atoms with Crippen LogP contribution in [0.25, 0.3) is 5.69 Å². The zero-order valence-electron chi connectivity index (χ0n) is 18.7. The molecule has 1 aromatic heterocycles. The molecule has 176 valence electrons. The highest BCUT2D eigenvalue weighted by molar-refractivity contribution is 8.00. The van der Waals surface area contributed by atoms with E-state index < -0.39 is 5.97 Å². The number of fused-ring (bicyclic) bond motifs is 1. The van der Waals surface area contributed by atoms with Crippen molar-refractivity contribution < 1.29 is 19.1 Å². The number of carbonyl (C=O) groups is 2. The molecule has 0 radical (unpaired) electrons. The number of ether oxygens (including phenoxy) is 2. The van der Waals surface area contributed by atoms with Gasteiger partial charge >= 0.3 is 5.97 Å². The van der Waals surface area contributed by atoms with Gasteiger partial charge in [0.25, 0.3) is 5.56 Å². The molecule has 0 bridgehead atoms. The lowest BCUT2D eigenvalue weighted by Crippen LogP contribution is -2.24. The van der Waals surface area contributed by atoms with Gasteiger partial charge in [-0.2, -0.15) is 0 Å². The number of rotatable bonds is 8. The summed E-state index contributed by atoms with van der Waals surface area (Å²) >= 11 is 2.70. The van der Waals surface area contributed by atoms with E-state index in [1.807, 2.05) is 12.1 Å². The summed E-state index contributed by atoms with van der Waals surface area (Å²) in [6.45, 7) is 2.04. The fourth-order valence-electron chi connectivity index (χ4n) is 3.40. The van der Waals surface area contributed by atoms with Crippen LogP contribution < -0.4 is 15.6 Å². The highest BCUT2D eigenvalue weighted by Crippen LogP contribution is 2.30. The third kappa shape index (κ3) is 5.28. The van der Waals surface area contributed by atoms with Crippen molar-refractivity contribution in [2.75, 3.05) is 30.5 Å². The van der Waals surface area contributed by atoms with Gasteiger partial charge in [-0.3, -0.25) is 14.2 Å². The maximum atomic E-state index is 13.3. The summed E-state index contributed by atoms with van der Waals surface area (Å²) < 4.78 is 11.8. The van der Waals surface area contributed by atoms with Crippen LogP contribution in [0, 0.1) is 0 Å². The zero-order chi connectivity index (χ0) is 24.1. The molecule has 0 fully saturated rings. The number of nitrogens with zero attached hydrogens (tertiary/aromatic N) is 2. The molecular formula is C24H23N3O5S2. The van der Waals surface area contributed by atoms with Gasteiger partial charge < -0.3 is 14.8 Å². The van der Waals surface area contributed by atoms with E-state index in [0.717, 1.165) is 17.9 Å². The predicted octanol–water partition coefficient (Wildman–Crippen LogP) is 3.80. The quantitative estimate of drug-likeness (QED) is 0.285. The van der Waals surface area contributed by atoms with Crippen LogP contribution in [0.15, 0.2) is 63.4 Å². The summed E-state index contributed by atoms with van der Waals surface area (Å²) in [4.78, 5) is 43.0. The van der Waals surface area contributed by atoms with Crippen LogP contribution in [-0.4, -0.2) is 46.6 Å². The minimum absolute atomic E-state index is 0.0575. The topological polar surface area (TPSA) is 99.5 Å². The molecule has 0 saturated heterocycles. The molecule has 0 aliphatic carbocycles. The van der Waals surface area contributed by atoms with Gasteiger partial charge in [-0.05, 0) is 43.3 Å². The molecule has 4 rings (SSSR count). The van der Waals surface area contributed by atoms with Gasteiger partial charge in [-0.25, -0.2) is 9.78 Å². The number of nitrogens with one attached hydrogen (secondary N) is 1. The minimum Gasteiger partial charge on any atom is -0.497 e. The van der Waals surface area contributed by atoms with E-state index in [-0.39, 0.29) is 17.2 Å². The van der Waals surface area contributed by atoms with Crippen LogP contribution >= 0.6 is 23.5 Å². The van der Waals surface area contributed by atoms with Gasteiger partial charge in [0.15, 0.2) is 5.16 Å². The SMILES string of the molecule is CCOC(=O)c1ccc(NC(=O)CSc2nc3c(c(=O)n2-c2cccc(OC)c2)SCC3)cc1. The van der Waals surface area contributed by atoms with Crippen LogP contribution in [0.1, 0.15) is 23.0 Å². The Morgan fingerprint density at radius 3 is 2.74 bits per heavy atom. The summed E-state index contributed by atoms with van der Waals surface area (Å²) in [5.41, 5.74) is 2.23. The van der Waals surface area contributed by atoms with Gasteiger partial charge in [-0.15, -0.1) is 11.8 Å².